The van der Waals surface area contributed by atoms with Gasteiger partial charge in [-0.05, 0) is 43.3 Å². The number of rotatable bonds is 3. The second-order valence-electron chi connectivity index (χ2n) is 6.37. The predicted octanol–water partition coefficient (Wildman–Crippen LogP) is 6.10. The molecule has 0 aromatic heterocycles. The predicted molar refractivity (Wildman–Crippen MR) is 108 cm³/mol. The maximum Gasteiger partial charge on any atom is 0.0586 e. The second kappa shape index (κ2) is 12.0. The van der Waals surface area contributed by atoms with Crippen molar-refractivity contribution in [1.82, 2.24) is 5.32 Å². The van der Waals surface area contributed by atoms with Gasteiger partial charge in [0.1, 0.15) is 0 Å². The molecule has 1 saturated carbocycles. The number of hydrogen-bond acceptors (Lipinski definition) is 2. The SMILES string of the molecule is C1CCCC1.C=CC1=CC(C)C=N1.CNCc1cc(C)cc(Cl)c1. The first kappa shape index (κ1) is 20.7. The van der Waals surface area contributed by atoms with E-state index in [1.54, 1.807) is 6.08 Å². The zero-order chi connectivity index (χ0) is 17.8. The number of nitrogens with one attached hydrogen (secondary N) is 1. The summed E-state index contributed by atoms with van der Waals surface area (Å²) in [7, 11) is 1.93. The summed E-state index contributed by atoms with van der Waals surface area (Å²) in [6, 6.07) is 6.06. The monoisotopic (exact) mass is 346 g/mol. The molecule has 0 radical (unpaired) electrons. The van der Waals surface area contributed by atoms with Crippen LogP contribution in [0.2, 0.25) is 5.02 Å². The topological polar surface area (TPSA) is 24.4 Å². The van der Waals surface area contributed by atoms with Crippen molar-refractivity contribution in [2.75, 3.05) is 7.05 Å². The normalized spacial score (nSPS) is 18.2. The van der Waals surface area contributed by atoms with E-state index in [9.17, 15) is 0 Å². The van der Waals surface area contributed by atoms with Gasteiger partial charge in [0, 0.05) is 23.7 Å². The Labute approximate surface area is 152 Å². The lowest BCUT2D eigenvalue weighted by atomic mass is 10.1. The van der Waals surface area contributed by atoms with E-state index in [4.69, 9.17) is 11.6 Å². The van der Waals surface area contributed by atoms with E-state index in [0.29, 0.717) is 5.92 Å². The molecule has 1 aromatic carbocycles. The molecule has 1 fully saturated rings. The number of aliphatic imine (C=N–C) groups is 1. The minimum absolute atomic E-state index is 0.503. The van der Waals surface area contributed by atoms with Crippen molar-refractivity contribution in [2.24, 2.45) is 10.9 Å². The van der Waals surface area contributed by atoms with E-state index in [1.807, 2.05) is 32.3 Å². The molecule has 0 amide bonds. The maximum absolute atomic E-state index is 5.86. The summed E-state index contributed by atoms with van der Waals surface area (Å²) in [6.45, 7) is 8.62. The van der Waals surface area contributed by atoms with Crippen molar-refractivity contribution in [2.45, 2.75) is 52.5 Å². The molecule has 1 unspecified atom stereocenters. The highest BCUT2D eigenvalue weighted by molar-refractivity contribution is 6.30. The molecule has 3 heteroatoms. The van der Waals surface area contributed by atoms with E-state index >= 15 is 0 Å². The Morgan fingerprint density at radius 1 is 1.21 bits per heavy atom. The van der Waals surface area contributed by atoms with Crippen molar-refractivity contribution in [3.8, 4) is 0 Å². The average Bonchev–Trinajstić information content (AvgIpc) is 3.21. The molecule has 24 heavy (non-hydrogen) atoms. The smallest absolute Gasteiger partial charge is 0.0586 e. The molecule has 1 heterocycles. The molecule has 1 aromatic rings. The third-order valence-electron chi connectivity index (χ3n) is 3.83. The fourth-order valence-corrected chi connectivity index (χ4v) is 2.99. The van der Waals surface area contributed by atoms with Crippen LogP contribution in [0.5, 0.6) is 0 Å². The number of hydrogen-bond donors (Lipinski definition) is 1. The van der Waals surface area contributed by atoms with E-state index < -0.39 is 0 Å². The molecule has 3 rings (SSSR count). The molecule has 2 aliphatic rings. The van der Waals surface area contributed by atoms with Gasteiger partial charge >= 0.3 is 0 Å². The summed E-state index contributed by atoms with van der Waals surface area (Å²) < 4.78 is 0. The molecule has 0 saturated heterocycles. The molecule has 2 nitrogen and oxygen atoms in total. The van der Waals surface area contributed by atoms with Crippen LogP contribution in [0.1, 0.15) is 50.2 Å². The Bertz CT molecular complexity index is 529. The van der Waals surface area contributed by atoms with Crippen LogP contribution in [-0.4, -0.2) is 13.3 Å². The standard InChI is InChI=1S/C9H12ClN.C7H9N.C5H10/c1-7-3-8(6-11-2)5-9(10)4-7;1-3-7-4-6(2)5-8-7;1-2-4-5-3-1/h3-5,11H,6H2,1-2H3;3-6H,1H2,2H3;1-5H2. The first-order valence-electron chi connectivity index (χ1n) is 8.84. The lowest BCUT2D eigenvalue weighted by Crippen LogP contribution is -2.04. The summed E-state index contributed by atoms with van der Waals surface area (Å²) in [5.41, 5.74) is 3.44. The molecule has 132 valence electrons. The van der Waals surface area contributed by atoms with E-state index in [0.717, 1.165) is 17.3 Å². The molecule has 1 aliphatic carbocycles. The Kier molecular flexibility index (Phi) is 10.4. The van der Waals surface area contributed by atoms with Gasteiger partial charge in [0.2, 0.25) is 0 Å². The van der Waals surface area contributed by atoms with Gasteiger partial charge in [-0.1, -0.05) is 69.4 Å². The Hall–Kier alpha value is -1.38. The molecule has 0 spiro atoms. The summed E-state index contributed by atoms with van der Waals surface area (Å²) in [4.78, 5) is 4.05. The molecule has 1 atom stereocenters. The van der Waals surface area contributed by atoms with Gasteiger partial charge in [-0.15, -0.1) is 0 Å². The van der Waals surface area contributed by atoms with Crippen molar-refractivity contribution in [1.29, 1.82) is 0 Å². The fraction of sp³-hybridized carbons (Fsp3) is 0.476. The van der Waals surface area contributed by atoms with E-state index in [-0.39, 0.29) is 0 Å². The largest absolute Gasteiger partial charge is 0.316 e. The number of allylic oxidation sites excluding steroid dienone is 2. The van der Waals surface area contributed by atoms with E-state index in [2.05, 4.69) is 36.0 Å². The first-order valence-corrected chi connectivity index (χ1v) is 9.22. The first-order chi connectivity index (χ1) is 11.5. The number of benzene rings is 1. The molecular formula is C21H31ClN2. The molecule has 1 N–H and O–H groups in total. The Morgan fingerprint density at radius 3 is 2.21 bits per heavy atom. The summed E-state index contributed by atoms with van der Waals surface area (Å²) in [6.07, 6.45) is 13.3. The van der Waals surface area contributed by atoms with Crippen molar-refractivity contribution in [3.63, 3.8) is 0 Å². The quantitative estimate of drug-likeness (QED) is 0.703. The highest BCUT2D eigenvalue weighted by atomic mass is 35.5. The maximum atomic E-state index is 5.86. The van der Waals surface area contributed by atoms with Gasteiger partial charge in [0.15, 0.2) is 0 Å². The van der Waals surface area contributed by atoms with Crippen LogP contribution in [0, 0.1) is 12.8 Å². The Balaban J connectivity index is 0.000000193. The Morgan fingerprint density at radius 2 is 1.83 bits per heavy atom. The third kappa shape index (κ3) is 9.05. The van der Waals surface area contributed by atoms with Crippen LogP contribution in [0.25, 0.3) is 0 Å². The minimum Gasteiger partial charge on any atom is -0.316 e. The number of nitrogens with zero attached hydrogens (tertiary/aromatic N) is 1. The van der Waals surface area contributed by atoms with Gasteiger partial charge in [0.05, 0.1) is 5.70 Å². The number of aryl methyl sites for hydroxylation is 1. The van der Waals surface area contributed by atoms with Crippen LogP contribution >= 0.6 is 11.6 Å². The molecular weight excluding hydrogens is 316 g/mol. The lowest BCUT2D eigenvalue weighted by molar-refractivity contribution is 0.817. The number of halogens is 1. The fourth-order valence-electron chi connectivity index (χ4n) is 2.68. The molecule has 1 aliphatic heterocycles. The summed E-state index contributed by atoms with van der Waals surface area (Å²) in [5.74, 6) is 0.503. The van der Waals surface area contributed by atoms with Crippen LogP contribution in [-0.2, 0) is 6.54 Å². The lowest BCUT2D eigenvalue weighted by Gasteiger charge is -2.01. The highest BCUT2D eigenvalue weighted by Crippen LogP contribution is 2.15. The zero-order valence-corrected chi connectivity index (χ0v) is 16.1. The van der Waals surface area contributed by atoms with Crippen molar-refractivity contribution < 1.29 is 0 Å². The van der Waals surface area contributed by atoms with Gasteiger partial charge in [-0.2, -0.15) is 0 Å². The van der Waals surface area contributed by atoms with Gasteiger partial charge in [-0.3, -0.25) is 4.99 Å². The molecule has 0 bridgehead atoms. The van der Waals surface area contributed by atoms with Crippen LogP contribution < -0.4 is 5.32 Å². The van der Waals surface area contributed by atoms with Crippen molar-refractivity contribution >= 4 is 17.8 Å². The van der Waals surface area contributed by atoms with Crippen molar-refractivity contribution in [3.05, 3.63) is 58.8 Å². The van der Waals surface area contributed by atoms with Crippen LogP contribution in [0.15, 0.2) is 47.6 Å². The van der Waals surface area contributed by atoms with Crippen LogP contribution in [0.4, 0.5) is 0 Å². The summed E-state index contributed by atoms with van der Waals surface area (Å²) >= 11 is 5.86. The second-order valence-corrected chi connectivity index (χ2v) is 6.80. The zero-order valence-electron chi connectivity index (χ0n) is 15.3. The van der Waals surface area contributed by atoms with Gasteiger partial charge in [0.25, 0.3) is 0 Å². The minimum atomic E-state index is 0.503. The van der Waals surface area contributed by atoms with Gasteiger partial charge < -0.3 is 5.32 Å². The summed E-state index contributed by atoms with van der Waals surface area (Å²) in [5, 5.41) is 3.89. The highest BCUT2D eigenvalue weighted by Gasteiger charge is 2.00. The third-order valence-corrected chi connectivity index (χ3v) is 4.05. The average molecular weight is 347 g/mol. The van der Waals surface area contributed by atoms with Crippen LogP contribution in [0.3, 0.4) is 0 Å². The van der Waals surface area contributed by atoms with Gasteiger partial charge in [-0.25, -0.2) is 0 Å². The van der Waals surface area contributed by atoms with E-state index in [1.165, 1.54) is 43.2 Å².